The average molecular weight is 601 g/mol. The zero-order chi connectivity index (χ0) is 30.9. The number of pyridine rings is 2. The number of anilines is 1. The third-order valence-electron chi connectivity index (χ3n) is 8.20. The number of carbonyl (C=O) groups is 1. The molecule has 2 fully saturated rings. The highest BCUT2D eigenvalue weighted by Gasteiger charge is 2.45. The van der Waals surface area contributed by atoms with Crippen LogP contribution < -0.4 is 15.0 Å². The molecule has 226 valence electrons. The van der Waals surface area contributed by atoms with Gasteiger partial charge in [0.15, 0.2) is 0 Å². The first-order chi connectivity index (χ1) is 20.4. The van der Waals surface area contributed by atoms with Crippen LogP contribution in [0.15, 0.2) is 42.7 Å². The van der Waals surface area contributed by atoms with E-state index in [4.69, 9.17) is 11.3 Å². The number of rotatable bonds is 6. The Morgan fingerprint density at radius 2 is 1.86 bits per heavy atom. The van der Waals surface area contributed by atoms with Crippen LogP contribution in [0.3, 0.4) is 0 Å². The number of methoxy groups -OCH3 is 1. The fraction of sp³-hybridized carbons (Fsp3) is 0.400. The molecular formula is C30H29F5N6O2. The van der Waals surface area contributed by atoms with Crippen molar-refractivity contribution >= 4 is 17.3 Å². The molecule has 0 unspecified atom stereocenters. The van der Waals surface area contributed by atoms with E-state index in [0.717, 1.165) is 37.4 Å². The Hall–Kier alpha value is -4.31. The molecule has 3 aromatic rings. The minimum Gasteiger partial charge on any atom is -0.481 e. The molecule has 4 heterocycles. The van der Waals surface area contributed by atoms with E-state index in [1.807, 2.05) is 7.05 Å². The number of amides is 1. The van der Waals surface area contributed by atoms with E-state index in [-0.39, 0.29) is 60.7 Å². The number of hydrogen-bond acceptors (Lipinski definition) is 6. The summed E-state index contributed by atoms with van der Waals surface area (Å²) in [5.74, 6) is -1.81. The van der Waals surface area contributed by atoms with Crippen molar-refractivity contribution in [3.8, 4) is 17.1 Å². The smallest absolute Gasteiger partial charge is 0.415 e. The fourth-order valence-electron chi connectivity index (χ4n) is 5.87. The van der Waals surface area contributed by atoms with Crippen LogP contribution in [0.4, 0.5) is 33.3 Å². The van der Waals surface area contributed by atoms with Crippen LogP contribution in [0.25, 0.3) is 16.1 Å². The monoisotopic (exact) mass is 600 g/mol. The van der Waals surface area contributed by atoms with Gasteiger partial charge in [-0.2, -0.15) is 13.2 Å². The van der Waals surface area contributed by atoms with Crippen molar-refractivity contribution in [2.75, 3.05) is 45.2 Å². The van der Waals surface area contributed by atoms with Crippen molar-refractivity contribution in [2.45, 2.75) is 36.9 Å². The molecule has 8 nitrogen and oxygen atoms in total. The molecule has 1 N–H and O–H groups in total. The van der Waals surface area contributed by atoms with Gasteiger partial charge in [0.1, 0.15) is 17.3 Å². The van der Waals surface area contributed by atoms with Crippen LogP contribution in [-0.2, 0) is 16.4 Å². The quantitative estimate of drug-likeness (QED) is 0.304. The second-order valence-corrected chi connectivity index (χ2v) is 10.9. The third-order valence-corrected chi connectivity index (χ3v) is 8.20. The van der Waals surface area contributed by atoms with E-state index in [0.29, 0.717) is 17.8 Å². The first-order valence-electron chi connectivity index (χ1n) is 13.6. The highest BCUT2D eigenvalue weighted by atomic mass is 19.4. The first-order valence-corrected chi connectivity index (χ1v) is 13.6. The minimum absolute atomic E-state index is 0.0150. The van der Waals surface area contributed by atoms with E-state index in [1.54, 1.807) is 4.90 Å². The zero-order valence-corrected chi connectivity index (χ0v) is 23.5. The molecule has 2 aliphatic heterocycles. The molecule has 1 atom stereocenters. The number of likely N-dealkylation sites (tertiary alicyclic amines) is 1. The Morgan fingerprint density at radius 3 is 2.47 bits per heavy atom. The van der Waals surface area contributed by atoms with Gasteiger partial charge in [0.25, 0.3) is 0 Å². The summed E-state index contributed by atoms with van der Waals surface area (Å²) >= 11 is 0. The zero-order valence-electron chi connectivity index (χ0n) is 23.5. The van der Waals surface area contributed by atoms with Crippen molar-refractivity contribution in [2.24, 2.45) is 0 Å². The Labute approximate surface area is 245 Å². The number of nitrogens with zero attached hydrogens (tertiary/aromatic N) is 5. The van der Waals surface area contributed by atoms with Crippen molar-refractivity contribution in [1.82, 2.24) is 20.2 Å². The standard InChI is InChI=1S/C30H29F5N6O2/c1-36-24-13-18(30(33,34)35)4-5-25(24)41-10-7-29(8-11-41,28(42)39-21-6-9-40(2)17-21)19-12-23(32)26(37-15-19)22-14-20(31)16-38-27(22)43-3/h4-5,12-16,21H,6-11,17H2,2-3H3,(H,39,42)/t21-/m0/s1. The number of likely N-dealkylation sites (N-methyl/N-ethyl adjacent to an activating group) is 1. The first kappa shape index (κ1) is 30.2. The van der Waals surface area contributed by atoms with Gasteiger partial charge in [-0.05, 0) is 62.7 Å². The number of aromatic nitrogens is 2. The van der Waals surface area contributed by atoms with Crippen LogP contribution in [0.5, 0.6) is 5.88 Å². The maximum absolute atomic E-state index is 15.7. The van der Waals surface area contributed by atoms with Crippen LogP contribution in [0.2, 0.25) is 0 Å². The lowest BCUT2D eigenvalue weighted by atomic mass is 9.72. The van der Waals surface area contributed by atoms with E-state index in [1.165, 1.54) is 25.4 Å². The van der Waals surface area contributed by atoms with Crippen molar-refractivity contribution in [1.29, 1.82) is 0 Å². The lowest BCUT2D eigenvalue weighted by molar-refractivity contribution is -0.137. The summed E-state index contributed by atoms with van der Waals surface area (Å²) in [5, 5.41) is 3.11. The predicted octanol–water partition coefficient (Wildman–Crippen LogP) is 5.36. The molecule has 13 heteroatoms. The maximum Gasteiger partial charge on any atom is 0.415 e. The molecule has 2 aromatic heterocycles. The summed E-state index contributed by atoms with van der Waals surface area (Å²) < 4.78 is 74.5. The summed E-state index contributed by atoms with van der Waals surface area (Å²) in [6, 6.07) is 5.20. The summed E-state index contributed by atoms with van der Waals surface area (Å²) in [6.07, 6.45) is -1.13. The van der Waals surface area contributed by atoms with Gasteiger partial charge < -0.3 is 19.9 Å². The highest BCUT2D eigenvalue weighted by Crippen LogP contribution is 2.42. The van der Waals surface area contributed by atoms with Gasteiger partial charge in [-0.3, -0.25) is 9.78 Å². The van der Waals surface area contributed by atoms with Crippen LogP contribution in [0, 0.1) is 18.2 Å². The number of alkyl halides is 3. The summed E-state index contributed by atoms with van der Waals surface area (Å²) in [4.78, 5) is 29.3. The number of piperidine rings is 1. The second kappa shape index (κ2) is 11.8. The van der Waals surface area contributed by atoms with Crippen molar-refractivity contribution in [3.63, 3.8) is 0 Å². The molecule has 0 aliphatic carbocycles. The Morgan fingerprint density at radius 1 is 1.12 bits per heavy atom. The SMILES string of the molecule is [C-]#[N+]c1cc(C(F)(F)F)ccc1N1CCC(C(=O)N[C@H]2CCN(C)C2)(c2cnc(-c3cc(F)cnc3OC)c(F)c2)CC1. The van der Waals surface area contributed by atoms with E-state index in [2.05, 4.69) is 25.0 Å². The second-order valence-electron chi connectivity index (χ2n) is 10.9. The number of hydrogen-bond donors (Lipinski definition) is 1. The lowest BCUT2D eigenvalue weighted by Crippen LogP contribution is -2.54. The Kier molecular flexibility index (Phi) is 8.25. The lowest BCUT2D eigenvalue weighted by Gasteiger charge is -2.42. The predicted molar refractivity (Wildman–Crippen MR) is 149 cm³/mol. The molecule has 43 heavy (non-hydrogen) atoms. The molecule has 1 aromatic carbocycles. The van der Waals surface area contributed by atoms with Gasteiger partial charge in [-0.25, -0.2) is 18.6 Å². The number of carbonyl (C=O) groups excluding carboxylic acids is 1. The van der Waals surface area contributed by atoms with Crippen molar-refractivity contribution in [3.05, 3.63) is 76.9 Å². The number of nitrogens with one attached hydrogen (secondary N) is 1. The molecule has 0 radical (unpaired) electrons. The molecular weight excluding hydrogens is 571 g/mol. The highest BCUT2D eigenvalue weighted by molar-refractivity contribution is 5.89. The largest absolute Gasteiger partial charge is 0.481 e. The van der Waals surface area contributed by atoms with Gasteiger partial charge in [0.05, 0.1) is 30.9 Å². The van der Waals surface area contributed by atoms with Crippen LogP contribution in [-0.4, -0.2) is 67.2 Å². The number of halogens is 5. The number of benzene rings is 1. The molecule has 0 saturated carbocycles. The van der Waals surface area contributed by atoms with Gasteiger partial charge in [-0.15, -0.1) is 0 Å². The summed E-state index contributed by atoms with van der Waals surface area (Å²) in [7, 11) is 3.27. The van der Waals surface area contributed by atoms with E-state index in [9.17, 15) is 22.4 Å². The van der Waals surface area contributed by atoms with Crippen LogP contribution >= 0.6 is 0 Å². The summed E-state index contributed by atoms with van der Waals surface area (Å²) in [6.45, 7) is 9.37. The molecule has 0 spiro atoms. The molecule has 5 rings (SSSR count). The molecule has 2 aliphatic rings. The van der Waals surface area contributed by atoms with Crippen LogP contribution in [0.1, 0.15) is 30.4 Å². The van der Waals surface area contributed by atoms with Gasteiger partial charge in [0, 0.05) is 43.1 Å². The average Bonchev–Trinajstić information content (AvgIpc) is 3.40. The fourth-order valence-corrected chi connectivity index (χ4v) is 5.87. The van der Waals surface area contributed by atoms with Gasteiger partial charge >= 0.3 is 6.18 Å². The third kappa shape index (κ3) is 5.97. The van der Waals surface area contributed by atoms with Gasteiger partial charge in [-0.1, -0.05) is 6.07 Å². The maximum atomic E-state index is 15.7. The molecule has 0 bridgehead atoms. The molecule has 2 saturated heterocycles. The summed E-state index contributed by atoms with van der Waals surface area (Å²) in [5.41, 5.74) is -1.79. The van der Waals surface area contributed by atoms with E-state index < -0.39 is 28.8 Å². The topological polar surface area (TPSA) is 75.0 Å². The van der Waals surface area contributed by atoms with Crippen molar-refractivity contribution < 1.29 is 31.5 Å². The van der Waals surface area contributed by atoms with E-state index >= 15 is 4.39 Å². The minimum atomic E-state index is -4.59. The number of ether oxygens (including phenoxy) is 1. The molecule has 1 amide bonds. The Bertz CT molecular complexity index is 1570. The normalized spacial score (nSPS) is 18.7. The van der Waals surface area contributed by atoms with Gasteiger partial charge in [0.2, 0.25) is 17.5 Å². The Balaban J connectivity index is 1.48.